The van der Waals surface area contributed by atoms with Crippen molar-refractivity contribution in [1.29, 1.82) is 0 Å². The van der Waals surface area contributed by atoms with Crippen LogP contribution in [0.4, 0.5) is 0 Å². The number of carbonyl (C=O) groups excluding carboxylic acids is 1. The molecule has 1 amide bonds. The molecular formula is C14H18N2O. The third-order valence-electron chi connectivity index (χ3n) is 4.12. The molecule has 2 aliphatic rings. The van der Waals surface area contributed by atoms with Gasteiger partial charge in [-0.2, -0.15) is 0 Å². The number of hydrogen-bond acceptors (Lipinski definition) is 2. The number of piperidine rings is 1. The zero-order valence-corrected chi connectivity index (χ0v) is 9.86. The number of fused-ring (bicyclic) bond motifs is 2. The Labute approximate surface area is 101 Å². The summed E-state index contributed by atoms with van der Waals surface area (Å²) < 4.78 is 0. The molecule has 3 atom stereocenters. The van der Waals surface area contributed by atoms with Crippen LogP contribution < -0.4 is 11.1 Å². The summed E-state index contributed by atoms with van der Waals surface area (Å²) in [5, 5.41) is 3.64. The van der Waals surface area contributed by atoms with Gasteiger partial charge in [-0.1, -0.05) is 12.1 Å². The van der Waals surface area contributed by atoms with E-state index in [1.807, 2.05) is 12.1 Å². The van der Waals surface area contributed by atoms with Crippen molar-refractivity contribution in [2.24, 2.45) is 5.73 Å². The van der Waals surface area contributed by atoms with Gasteiger partial charge in [0.25, 0.3) is 0 Å². The van der Waals surface area contributed by atoms with Crippen LogP contribution in [0.2, 0.25) is 0 Å². The predicted molar refractivity (Wildman–Crippen MR) is 66.9 cm³/mol. The molecule has 3 rings (SSSR count). The van der Waals surface area contributed by atoms with Crippen LogP contribution in [-0.2, 0) is 0 Å². The average molecular weight is 230 g/mol. The second-order valence-corrected chi connectivity index (χ2v) is 5.30. The molecule has 90 valence electrons. The Morgan fingerprint density at radius 3 is 2.59 bits per heavy atom. The average Bonchev–Trinajstić information content (AvgIpc) is 2.68. The summed E-state index contributed by atoms with van der Waals surface area (Å²) >= 11 is 0. The number of nitrogens with one attached hydrogen (secondary N) is 1. The molecule has 3 N–H and O–H groups in total. The van der Waals surface area contributed by atoms with Crippen molar-refractivity contribution in [3.63, 3.8) is 0 Å². The van der Waals surface area contributed by atoms with Crippen molar-refractivity contribution >= 4 is 5.91 Å². The second-order valence-electron chi connectivity index (χ2n) is 5.30. The van der Waals surface area contributed by atoms with Crippen LogP contribution in [0.25, 0.3) is 0 Å². The summed E-state index contributed by atoms with van der Waals surface area (Å²) in [6.07, 6.45) is 4.99. The maximum absolute atomic E-state index is 11.2. The number of hydrogen-bond donors (Lipinski definition) is 2. The highest BCUT2D eigenvalue weighted by molar-refractivity contribution is 5.92. The molecule has 2 heterocycles. The summed E-state index contributed by atoms with van der Waals surface area (Å²) in [7, 11) is 0. The molecule has 2 saturated heterocycles. The van der Waals surface area contributed by atoms with Crippen molar-refractivity contribution in [1.82, 2.24) is 5.32 Å². The lowest BCUT2D eigenvalue weighted by molar-refractivity contribution is 0.1000. The molecule has 0 saturated carbocycles. The third kappa shape index (κ3) is 2.07. The largest absolute Gasteiger partial charge is 0.366 e. The fourth-order valence-electron chi connectivity index (χ4n) is 3.28. The maximum atomic E-state index is 11.2. The summed E-state index contributed by atoms with van der Waals surface area (Å²) in [4.78, 5) is 11.2. The van der Waals surface area contributed by atoms with Gasteiger partial charge in [-0.05, 0) is 49.3 Å². The first-order valence-electron chi connectivity index (χ1n) is 6.38. The van der Waals surface area contributed by atoms with Crippen LogP contribution >= 0.6 is 0 Å². The van der Waals surface area contributed by atoms with Gasteiger partial charge < -0.3 is 11.1 Å². The van der Waals surface area contributed by atoms with Crippen LogP contribution in [-0.4, -0.2) is 18.0 Å². The minimum atomic E-state index is -0.330. The van der Waals surface area contributed by atoms with E-state index >= 15 is 0 Å². The van der Waals surface area contributed by atoms with Crippen LogP contribution in [0.5, 0.6) is 0 Å². The minimum Gasteiger partial charge on any atom is -0.366 e. The molecule has 2 fully saturated rings. The lowest BCUT2D eigenvalue weighted by Crippen LogP contribution is -2.37. The summed E-state index contributed by atoms with van der Waals surface area (Å²) in [6, 6.07) is 9.19. The first-order chi connectivity index (χ1) is 8.22. The quantitative estimate of drug-likeness (QED) is 0.813. The number of nitrogens with two attached hydrogens (primary N) is 1. The Bertz CT molecular complexity index is 432. The molecule has 1 aromatic rings. The van der Waals surface area contributed by atoms with Gasteiger partial charge in [-0.25, -0.2) is 0 Å². The molecule has 0 spiro atoms. The van der Waals surface area contributed by atoms with Gasteiger partial charge in [-0.3, -0.25) is 4.79 Å². The van der Waals surface area contributed by atoms with Gasteiger partial charge in [0.05, 0.1) is 0 Å². The standard InChI is InChI=1S/C14H18N2O/c15-14(17)10-3-1-2-9(6-10)11-7-12-4-5-13(8-11)16-12/h1-3,6,11-13,16H,4-5,7-8H2,(H2,15,17)/t11-,12-,13+. The lowest BCUT2D eigenvalue weighted by atomic mass is 9.85. The smallest absolute Gasteiger partial charge is 0.248 e. The van der Waals surface area contributed by atoms with E-state index in [1.165, 1.54) is 31.2 Å². The van der Waals surface area contributed by atoms with E-state index < -0.39 is 0 Å². The number of carbonyl (C=O) groups is 1. The first kappa shape index (κ1) is 10.8. The van der Waals surface area contributed by atoms with E-state index in [4.69, 9.17) is 5.73 Å². The Hall–Kier alpha value is -1.35. The molecular weight excluding hydrogens is 212 g/mol. The minimum absolute atomic E-state index is 0.330. The van der Waals surface area contributed by atoms with E-state index in [0.717, 1.165) is 0 Å². The van der Waals surface area contributed by atoms with E-state index in [1.54, 1.807) is 6.07 Å². The number of rotatable bonds is 2. The number of benzene rings is 1. The molecule has 2 aliphatic heterocycles. The van der Waals surface area contributed by atoms with Crippen LogP contribution in [0.15, 0.2) is 24.3 Å². The molecule has 0 radical (unpaired) electrons. The Morgan fingerprint density at radius 2 is 1.94 bits per heavy atom. The highest BCUT2D eigenvalue weighted by Crippen LogP contribution is 2.37. The van der Waals surface area contributed by atoms with Gasteiger partial charge >= 0.3 is 0 Å². The van der Waals surface area contributed by atoms with Crippen molar-refractivity contribution in [2.75, 3.05) is 0 Å². The summed E-state index contributed by atoms with van der Waals surface area (Å²) in [5.74, 6) is 0.261. The molecule has 0 aromatic heterocycles. The third-order valence-corrected chi connectivity index (χ3v) is 4.12. The normalized spacial score (nSPS) is 31.4. The van der Waals surface area contributed by atoms with E-state index in [-0.39, 0.29) is 5.91 Å². The maximum Gasteiger partial charge on any atom is 0.248 e. The Balaban J connectivity index is 1.84. The van der Waals surface area contributed by atoms with Crippen molar-refractivity contribution in [3.05, 3.63) is 35.4 Å². The van der Waals surface area contributed by atoms with Gasteiger partial charge in [0.15, 0.2) is 0 Å². The second kappa shape index (κ2) is 4.15. The lowest BCUT2D eigenvalue weighted by Gasteiger charge is -2.29. The zero-order valence-electron chi connectivity index (χ0n) is 9.86. The molecule has 2 bridgehead atoms. The van der Waals surface area contributed by atoms with E-state index in [2.05, 4.69) is 11.4 Å². The highest BCUT2D eigenvalue weighted by atomic mass is 16.1. The van der Waals surface area contributed by atoms with Crippen LogP contribution in [0.1, 0.15) is 47.5 Å². The SMILES string of the molecule is NC(=O)c1cccc([C@@H]2C[C@H]3CC[C@@H](C2)N3)c1. The van der Waals surface area contributed by atoms with Crippen LogP contribution in [0.3, 0.4) is 0 Å². The van der Waals surface area contributed by atoms with Gasteiger partial charge in [-0.15, -0.1) is 0 Å². The van der Waals surface area contributed by atoms with E-state index in [0.29, 0.717) is 23.6 Å². The fraction of sp³-hybridized carbons (Fsp3) is 0.500. The summed E-state index contributed by atoms with van der Waals surface area (Å²) in [5.41, 5.74) is 7.24. The van der Waals surface area contributed by atoms with Crippen LogP contribution in [0, 0.1) is 0 Å². The molecule has 17 heavy (non-hydrogen) atoms. The Morgan fingerprint density at radius 1 is 1.24 bits per heavy atom. The Kier molecular flexibility index (Phi) is 2.63. The van der Waals surface area contributed by atoms with E-state index in [9.17, 15) is 4.79 Å². The predicted octanol–water partition coefficient (Wildman–Crippen LogP) is 1.78. The first-order valence-corrected chi connectivity index (χ1v) is 6.38. The van der Waals surface area contributed by atoms with Crippen molar-refractivity contribution in [3.8, 4) is 0 Å². The monoisotopic (exact) mass is 230 g/mol. The summed E-state index contributed by atoms with van der Waals surface area (Å²) in [6.45, 7) is 0. The number of primary amides is 1. The highest BCUT2D eigenvalue weighted by Gasteiger charge is 2.33. The molecule has 3 nitrogen and oxygen atoms in total. The van der Waals surface area contributed by atoms with Crippen molar-refractivity contribution in [2.45, 2.75) is 43.7 Å². The number of amides is 1. The van der Waals surface area contributed by atoms with Crippen molar-refractivity contribution < 1.29 is 4.79 Å². The van der Waals surface area contributed by atoms with Gasteiger partial charge in [0.2, 0.25) is 5.91 Å². The molecule has 0 aliphatic carbocycles. The van der Waals surface area contributed by atoms with Gasteiger partial charge in [0, 0.05) is 17.6 Å². The molecule has 0 unspecified atom stereocenters. The van der Waals surface area contributed by atoms with Gasteiger partial charge in [0.1, 0.15) is 0 Å². The fourth-order valence-corrected chi connectivity index (χ4v) is 3.28. The molecule has 3 heteroatoms. The molecule has 1 aromatic carbocycles. The zero-order chi connectivity index (χ0) is 11.8. The topological polar surface area (TPSA) is 55.1 Å².